The van der Waals surface area contributed by atoms with Crippen LogP contribution in [0.15, 0.2) is 0 Å². The third-order valence-corrected chi connectivity index (χ3v) is 5.28. The van der Waals surface area contributed by atoms with Crippen molar-refractivity contribution in [3.8, 4) is 0 Å². The minimum absolute atomic E-state index is 0.979. The zero-order valence-corrected chi connectivity index (χ0v) is 18.0. The molecule has 0 radical (unpaired) electrons. The molecule has 0 aliphatic heterocycles. The molecule has 0 saturated carbocycles. The van der Waals surface area contributed by atoms with Crippen LogP contribution in [0.25, 0.3) is 0 Å². The molecule has 152 valence electrons. The maximum atomic E-state index is 5.66. The number of unbranched alkanes of at least 4 members (excludes halogenated alkanes) is 18. The van der Waals surface area contributed by atoms with Gasteiger partial charge >= 0.3 is 0 Å². The van der Waals surface area contributed by atoms with Gasteiger partial charge in [0.1, 0.15) is 0 Å². The summed E-state index contributed by atoms with van der Waals surface area (Å²) in [6.07, 6.45) is 28.3. The first-order valence-electron chi connectivity index (χ1n) is 12.0. The lowest BCUT2D eigenvalue weighted by molar-refractivity contribution is 0.126. The minimum Gasteiger partial charge on any atom is -0.381 e. The summed E-state index contributed by atoms with van der Waals surface area (Å²) in [5.41, 5.74) is 0. The molecular formula is C24H50O. The van der Waals surface area contributed by atoms with Crippen molar-refractivity contribution in [1.82, 2.24) is 0 Å². The number of hydrogen-bond donors (Lipinski definition) is 0. The van der Waals surface area contributed by atoms with E-state index in [0.717, 1.165) is 13.2 Å². The predicted octanol–water partition coefficient (Wildman–Crippen LogP) is 8.84. The molecule has 0 aromatic carbocycles. The van der Waals surface area contributed by atoms with Gasteiger partial charge in [-0.2, -0.15) is 0 Å². The Morgan fingerprint density at radius 3 is 0.920 bits per heavy atom. The van der Waals surface area contributed by atoms with Gasteiger partial charge < -0.3 is 4.74 Å². The van der Waals surface area contributed by atoms with Crippen LogP contribution in [0.3, 0.4) is 0 Å². The number of rotatable bonds is 22. The third kappa shape index (κ3) is 24.0. The summed E-state index contributed by atoms with van der Waals surface area (Å²) in [5, 5.41) is 0. The fourth-order valence-corrected chi connectivity index (χ4v) is 3.49. The molecule has 0 rings (SSSR count). The van der Waals surface area contributed by atoms with E-state index in [1.165, 1.54) is 128 Å². The van der Waals surface area contributed by atoms with E-state index in [0.29, 0.717) is 0 Å². The largest absolute Gasteiger partial charge is 0.381 e. The second-order valence-corrected chi connectivity index (χ2v) is 7.98. The maximum absolute atomic E-state index is 5.66. The van der Waals surface area contributed by atoms with Gasteiger partial charge in [-0.25, -0.2) is 0 Å². The van der Waals surface area contributed by atoms with Crippen molar-refractivity contribution < 1.29 is 4.74 Å². The van der Waals surface area contributed by atoms with E-state index in [1.54, 1.807) is 0 Å². The molecule has 0 aliphatic rings. The molecule has 0 aromatic heterocycles. The van der Waals surface area contributed by atoms with Crippen LogP contribution >= 0.6 is 0 Å². The summed E-state index contributed by atoms with van der Waals surface area (Å²) < 4.78 is 5.66. The lowest BCUT2D eigenvalue weighted by Crippen LogP contribution is -1.96. The normalized spacial score (nSPS) is 11.3. The highest BCUT2D eigenvalue weighted by atomic mass is 16.5. The predicted molar refractivity (Wildman–Crippen MR) is 115 cm³/mol. The first-order chi connectivity index (χ1) is 12.4. The van der Waals surface area contributed by atoms with Gasteiger partial charge in [0.05, 0.1) is 0 Å². The smallest absolute Gasteiger partial charge is 0.0466 e. The molecule has 0 amide bonds. The molecule has 0 atom stereocenters. The highest BCUT2D eigenvalue weighted by Crippen LogP contribution is 2.14. The van der Waals surface area contributed by atoms with Crippen LogP contribution in [0, 0.1) is 0 Å². The first-order valence-corrected chi connectivity index (χ1v) is 12.0. The molecule has 0 aliphatic carbocycles. The molecule has 0 fully saturated rings. The van der Waals surface area contributed by atoms with E-state index in [-0.39, 0.29) is 0 Å². The van der Waals surface area contributed by atoms with E-state index in [4.69, 9.17) is 4.74 Å². The molecule has 0 unspecified atom stereocenters. The summed E-state index contributed by atoms with van der Waals surface area (Å²) in [7, 11) is 0. The van der Waals surface area contributed by atoms with E-state index in [9.17, 15) is 0 Å². The summed E-state index contributed by atoms with van der Waals surface area (Å²) in [6.45, 7) is 6.51. The van der Waals surface area contributed by atoms with E-state index in [1.807, 2.05) is 0 Å². The Morgan fingerprint density at radius 2 is 0.560 bits per heavy atom. The van der Waals surface area contributed by atoms with Crippen LogP contribution in [0.1, 0.15) is 142 Å². The molecule has 0 bridgehead atoms. The molecule has 0 saturated heterocycles. The Morgan fingerprint density at radius 1 is 0.320 bits per heavy atom. The van der Waals surface area contributed by atoms with Crippen molar-refractivity contribution in [2.45, 2.75) is 142 Å². The van der Waals surface area contributed by atoms with Crippen molar-refractivity contribution in [3.05, 3.63) is 0 Å². The molecule has 0 spiro atoms. The Bertz CT molecular complexity index is 192. The Hall–Kier alpha value is -0.0400. The molecule has 0 N–H and O–H groups in total. The Kier molecular flexibility index (Phi) is 23.9. The van der Waals surface area contributed by atoms with Crippen molar-refractivity contribution in [3.63, 3.8) is 0 Å². The summed E-state index contributed by atoms with van der Waals surface area (Å²) in [4.78, 5) is 0. The highest BCUT2D eigenvalue weighted by Gasteiger charge is 1.95. The summed E-state index contributed by atoms with van der Waals surface area (Å²) in [5.74, 6) is 0. The van der Waals surface area contributed by atoms with Gasteiger partial charge in [0, 0.05) is 13.2 Å². The van der Waals surface area contributed by atoms with Crippen molar-refractivity contribution in [2.75, 3.05) is 13.2 Å². The van der Waals surface area contributed by atoms with Gasteiger partial charge in [-0.15, -0.1) is 0 Å². The monoisotopic (exact) mass is 354 g/mol. The fourth-order valence-electron chi connectivity index (χ4n) is 3.49. The van der Waals surface area contributed by atoms with Crippen LogP contribution < -0.4 is 0 Å². The number of hydrogen-bond acceptors (Lipinski definition) is 1. The van der Waals surface area contributed by atoms with Gasteiger partial charge in [0.2, 0.25) is 0 Å². The van der Waals surface area contributed by atoms with Crippen LogP contribution in [-0.2, 0) is 4.74 Å². The Balaban J connectivity index is 2.94. The fraction of sp³-hybridized carbons (Fsp3) is 1.00. The second-order valence-electron chi connectivity index (χ2n) is 7.98. The average Bonchev–Trinajstić information content (AvgIpc) is 2.63. The van der Waals surface area contributed by atoms with Gasteiger partial charge in [0.15, 0.2) is 0 Å². The topological polar surface area (TPSA) is 9.23 Å². The maximum Gasteiger partial charge on any atom is 0.0466 e. The molecule has 0 aromatic rings. The summed E-state index contributed by atoms with van der Waals surface area (Å²) in [6, 6.07) is 0. The lowest BCUT2D eigenvalue weighted by atomic mass is 10.0. The van der Waals surface area contributed by atoms with Crippen LogP contribution in [0.5, 0.6) is 0 Å². The second kappa shape index (κ2) is 24.0. The minimum atomic E-state index is 0.979. The van der Waals surface area contributed by atoms with Gasteiger partial charge in [-0.3, -0.25) is 0 Å². The zero-order valence-electron chi connectivity index (χ0n) is 18.0. The van der Waals surface area contributed by atoms with Gasteiger partial charge in [-0.05, 0) is 12.8 Å². The van der Waals surface area contributed by atoms with Crippen LogP contribution in [0.4, 0.5) is 0 Å². The highest BCUT2D eigenvalue weighted by molar-refractivity contribution is 4.50. The van der Waals surface area contributed by atoms with Crippen molar-refractivity contribution >= 4 is 0 Å². The molecule has 25 heavy (non-hydrogen) atoms. The molecule has 1 heteroatoms. The third-order valence-electron chi connectivity index (χ3n) is 5.28. The van der Waals surface area contributed by atoms with Crippen molar-refractivity contribution in [2.24, 2.45) is 0 Å². The quantitative estimate of drug-likeness (QED) is 0.176. The molecular weight excluding hydrogens is 304 g/mol. The summed E-state index contributed by atoms with van der Waals surface area (Å²) >= 11 is 0. The molecule has 1 nitrogen and oxygen atoms in total. The standard InChI is InChI=1S/C24H50O/c1-3-5-7-8-9-10-11-12-13-14-15-16-17-18-19-20-22-24-25-23-21-6-4-2/h3-24H2,1-2H3. The van der Waals surface area contributed by atoms with E-state index >= 15 is 0 Å². The van der Waals surface area contributed by atoms with Crippen LogP contribution in [0.2, 0.25) is 0 Å². The SMILES string of the molecule is CCCCCCCCCCCCCCCCCCCOCCCCC. The van der Waals surface area contributed by atoms with E-state index < -0.39 is 0 Å². The first kappa shape index (κ1) is 25.0. The average molecular weight is 355 g/mol. The zero-order chi connectivity index (χ0) is 18.3. The Labute approximate surface area is 160 Å². The molecule has 0 heterocycles. The number of ether oxygens (including phenoxy) is 1. The van der Waals surface area contributed by atoms with Gasteiger partial charge in [-0.1, -0.05) is 129 Å². The lowest BCUT2D eigenvalue weighted by Gasteiger charge is -2.05. The van der Waals surface area contributed by atoms with Crippen molar-refractivity contribution in [1.29, 1.82) is 0 Å². The van der Waals surface area contributed by atoms with E-state index in [2.05, 4.69) is 13.8 Å². The van der Waals surface area contributed by atoms with Crippen LogP contribution in [-0.4, -0.2) is 13.2 Å². The van der Waals surface area contributed by atoms with Gasteiger partial charge in [0.25, 0.3) is 0 Å².